The second-order valence-corrected chi connectivity index (χ2v) is 3.47. The first-order valence-electron chi connectivity index (χ1n) is 5.11. The zero-order valence-corrected chi connectivity index (χ0v) is 9.09. The molecule has 0 saturated heterocycles. The average molecular weight is 225 g/mol. The Balaban J connectivity index is 2.74. The van der Waals surface area contributed by atoms with Gasteiger partial charge in [-0.25, -0.2) is 0 Å². The molecule has 1 amide bonds. The molecule has 1 rings (SSSR count). The van der Waals surface area contributed by atoms with Crippen LogP contribution < -0.4 is 5.32 Å². The Morgan fingerprint density at radius 2 is 2.50 bits per heavy atom. The molecule has 0 aliphatic carbocycles. The summed E-state index contributed by atoms with van der Waals surface area (Å²) in [6.45, 7) is 2.81. The van der Waals surface area contributed by atoms with Crippen LogP contribution in [0.4, 0.5) is 0 Å². The Labute approximate surface area is 93.3 Å². The van der Waals surface area contributed by atoms with E-state index >= 15 is 0 Å². The minimum Gasteiger partial charge on any atom is -0.481 e. The van der Waals surface area contributed by atoms with Crippen LogP contribution in [0.5, 0.6) is 0 Å². The predicted octanol–water partition coefficient (Wildman–Crippen LogP) is 0.555. The number of amides is 1. The van der Waals surface area contributed by atoms with Gasteiger partial charge in [0.15, 0.2) is 0 Å². The summed E-state index contributed by atoms with van der Waals surface area (Å²) in [5.74, 6) is -0.956. The van der Waals surface area contributed by atoms with Crippen LogP contribution in [0.2, 0.25) is 0 Å². The van der Waals surface area contributed by atoms with Crippen molar-refractivity contribution in [2.75, 3.05) is 0 Å². The maximum Gasteiger partial charge on any atom is 0.305 e. The third-order valence-electron chi connectivity index (χ3n) is 2.16. The molecular formula is C10H15N3O3. The Kier molecular flexibility index (Phi) is 4.50. The molecular weight excluding hydrogens is 210 g/mol. The summed E-state index contributed by atoms with van der Waals surface area (Å²) in [7, 11) is 0. The molecule has 1 heterocycles. The number of nitrogens with zero attached hydrogens (tertiary/aromatic N) is 2. The molecule has 1 aromatic rings. The highest BCUT2D eigenvalue weighted by Gasteiger charge is 2.16. The molecule has 0 saturated carbocycles. The normalized spacial score (nSPS) is 12.1. The van der Waals surface area contributed by atoms with E-state index in [1.807, 2.05) is 6.92 Å². The number of carboxylic acids is 1. The SMILES string of the molecule is CCCn1cc([C@H](CC(=O)O)NC=O)cn1. The van der Waals surface area contributed by atoms with Crippen molar-refractivity contribution in [3.05, 3.63) is 18.0 Å². The molecule has 0 aliphatic heterocycles. The number of nitrogens with one attached hydrogen (secondary N) is 1. The third-order valence-corrected chi connectivity index (χ3v) is 2.16. The van der Waals surface area contributed by atoms with Crippen LogP contribution in [-0.2, 0) is 16.1 Å². The van der Waals surface area contributed by atoms with E-state index in [9.17, 15) is 9.59 Å². The second-order valence-electron chi connectivity index (χ2n) is 3.47. The maximum absolute atomic E-state index is 10.6. The Morgan fingerprint density at radius 3 is 3.06 bits per heavy atom. The standard InChI is InChI=1S/C10H15N3O3/c1-2-3-13-6-8(5-12-13)9(11-7-14)4-10(15)16/h5-7,9H,2-4H2,1H3,(H,11,14)(H,15,16)/t9-/m0/s1. The molecule has 0 aliphatic rings. The lowest BCUT2D eigenvalue weighted by Gasteiger charge is -2.10. The van der Waals surface area contributed by atoms with Crippen LogP contribution in [0.1, 0.15) is 31.4 Å². The van der Waals surface area contributed by atoms with Gasteiger partial charge in [0, 0.05) is 18.3 Å². The zero-order valence-electron chi connectivity index (χ0n) is 9.09. The molecule has 6 heteroatoms. The summed E-state index contributed by atoms with van der Waals surface area (Å²) in [4.78, 5) is 21.0. The summed E-state index contributed by atoms with van der Waals surface area (Å²) in [6.07, 6.45) is 4.65. The fourth-order valence-electron chi connectivity index (χ4n) is 1.44. The van der Waals surface area contributed by atoms with Crippen molar-refractivity contribution in [3.63, 3.8) is 0 Å². The first-order chi connectivity index (χ1) is 7.67. The minimum atomic E-state index is -0.956. The van der Waals surface area contributed by atoms with Crippen LogP contribution in [0.25, 0.3) is 0 Å². The van der Waals surface area contributed by atoms with Gasteiger partial charge >= 0.3 is 5.97 Å². The van der Waals surface area contributed by atoms with E-state index < -0.39 is 12.0 Å². The molecule has 0 bridgehead atoms. The van der Waals surface area contributed by atoms with Crippen LogP contribution in [-0.4, -0.2) is 27.3 Å². The lowest BCUT2D eigenvalue weighted by molar-refractivity contribution is -0.137. The van der Waals surface area contributed by atoms with Crippen molar-refractivity contribution < 1.29 is 14.7 Å². The highest BCUT2D eigenvalue weighted by molar-refractivity contribution is 5.68. The van der Waals surface area contributed by atoms with E-state index in [4.69, 9.17) is 5.11 Å². The van der Waals surface area contributed by atoms with Crippen LogP contribution >= 0.6 is 0 Å². The van der Waals surface area contributed by atoms with Gasteiger partial charge in [0.1, 0.15) is 0 Å². The fourth-order valence-corrected chi connectivity index (χ4v) is 1.44. The number of aryl methyl sites for hydroxylation is 1. The van der Waals surface area contributed by atoms with E-state index in [0.29, 0.717) is 12.0 Å². The summed E-state index contributed by atoms with van der Waals surface area (Å²) < 4.78 is 1.73. The molecule has 0 unspecified atom stereocenters. The molecule has 88 valence electrons. The number of carbonyl (C=O) groups is 2. The molecule has 2 N–H and O–H groups in total. The summed E-state index contributed by atoms with van der Waals surface area (Å²) in [5, 5.41) is 15.3. The number of hydrogen-bond acceptors (Lipinski definition) is 3. The van der Waals surface area contributed by atoms with E-state index in [1.54, 1.807) is 17.1 Å². The van der Waals surface area contributed by atoms with E-state index in [1.165, 1.54) is 0 Å². The number of carbonyl (C=O) groups excluding carboxylic acids is 1. The monoisotopic (exact) mass is 225 g/mol. The summed E-state index contributed by atoms with van der Waals surface area (Å²) >= 11 is 0. The van der Waals surface area contributed by atoms with Gasteiger partial charge in [-0.05, 0) is 6.42 Å². The van der Waals surface area contributed by atoms with Gasteiger partial charge in [-0.1, -0.05) is 6.92 Å². The Bertz CT molecular complexity index is 362. The van der Waals surface area contributed by atoms with Gasteiger partial charge in [-0.15, -0.1) is 0 Å². The lowest BCUT2D eigenvalue weighted by Crippen LogP contribution is -2.22. The molecule has 16 heavy (non-hydrogen) atoms. The van der Waals surface area contributed by atoms with Gasteiger partial charge in [0.05, 0.1) is 18.7 Å². The molecule has 0 spiro atoms. The van der Waals surface area contributed by atoms with Crippen molar-refractivity contribution >= 4 is 12.4 Å². The first kappa shape index (κ1) is 12.2. The van der Waals surface area contributed by atoms with Crippen LogP contribution in [0.15, 0.2) is 12.4 Å². The summed E-state index contributed by atoms with van der Waals surface area (Å²) in [5.41, 5.74) is 0.711. The topological polar surface area (TPSA) is 84.2 Å². The molecule has 1 aromatic heterocycles. The first-order valence-corrected chi connectivity index (χ1v) is 5.11. The Hall–Kier alpha value is -1.85. The van der Waals surface area contributed by atoms with E-state index in [2.05, 4.69) is 10.4 Å². The van der Waals surface area contributed by atoms with Crippen molar-refractivity contribution in [3.8, 4) is 0 Å². The molecule has 0 aromatic carbocycles. The van der Waals surface area contributed by atoms with Crippen molar-refractivity contribution in [2.45, 2.75) is 32.4 Å². The third kappa shape index (κ3) is 3.38. The lowest BCUT2D eigenvalue weighted by atomic mass is 10.1. The van der Waals surface area contributed by atoms with E-state index in [-0.39, 0.29) is 6.42 Å². The predicted molar refractivity (Wildman–Crippen MR) is 56.7 cm³/mol. The van der Waals surface area contributed by atoms with Gasteiger partial charge < -0.3 is 10.4 Å². The molecule has 0 radical (unpaired) electrons. The molecule has 1 atom stereocenters. The van der Waals surface area contributed by atoms with Crippen LogP contribution in [0.3, 0.4) is 0 Å². The molecule has 0 fully saturated rings. The second kappa shape index (κ2) is 5.89. The van der Waals surface area contributed by atoms with Gasteiger partial charge in [0.25, 0.3) is 0 Å². The highest BCUT2D eigenvalue weighted by atomic mass is 16.4. The minimum absolute atomic E-state index is 0.142. The largest absolute Gasteiger partial charge is 0.481 e. The quantitative estimate of drug-likeness (QED) is 0.664. The van der Waals surface area contributed by atoms with Gasteiger partial charge in [-0.2, -0.15) is 5.10 Å². The smallest absolute Gasteiger partial charge is 0.305 e. The number of aromatic nitrogens is 2. The highest BCUT2D eigenvalue weighted by Crippen LogP contribution is 2.15. The van der Waals surface area contributed by atoms with E-state index in [0.717, 1.165) is 13.0 Å². The summed E-state index contributed by atoms with van der Waals surface area (Å²) in [6, 6.07) is -0.513. The fraction of sp³-hybridized carbons (Fsp3) is 0.500. The maximum atomic E-state index is 10.6. The number of rotatable bonds is 7. The van der Waals surface area contributed by atoms with Crippen molar-refractivity contribution in [2.24, 2.45) is 0 Å². The molecule has 6 nitrogen and oxygen atoms in total. The van der Waals surface area contributed by atoms with Crippen molar-refractivity contribution in [1.82, 2.24) is 15.1 Å². The van der Waals surface area contributed by atoms with Gasteiger partial charge in [-0.3, -0.25) is 14.3 Å². The number of carboxylic acid groups (broad SMARTS) is 1. The number of hydrogen-bond donors (Lipinski definition) is 2. The average Bonchev–Trinajstić information content (AvgIpc) is 2.66. The van der Waals surface area contributed by atoms with Crippen LogP contribution in [0, 0.1) is 0 Å². The Morgan fingerprint density at radius 1 is 1.75 bits per heavy atom. The number of aliphatic carboxylic acids is 1. The van der Waals surface area contributed by atoms with Crippen molar-refractivity contribution in [1.29, 1.82) is 0 Å². The zero-order chi connectivity index (χ0) is 12.0. The van der Waals surface area contributed by atoms with Gasteiger partial charge in [0.2, 0.25) is 6.41 Å².